The number of benzene rings is 2. The lowest BCUT2D eigenvalue weighted by atomic mass is 10.0. The smallest absolute Gasteiger partial charge is 0.262 e. The number of rotatable bonds is 3. The van der Waals surface area contributed by atoms with Gasteiger partial charge in [-0.25, -0.2) is 0 Å². The number of guanidine groups is 1. The van der Waals surface area contributed by atoms with E-state index in [9.17, 15) is 4.79 Å². The molecule has 5 heteroatoms. The molecule has 4 N–H and O–H groups in total. The molecule has 0 aliphatic carbocycles. The maximum atomic E-state index is 12.2. The molecule has 2 aromatic carbocycles. The van der Waals surface area contributed by atoms with Gasteiger partial charge in [0.1, 0.15) is 5.75 Å². The first kappa shape index (κ1) is 12.9. The van der Waals surface area contributed by atoms with Gasteiger partial charge < -0.3 is 10.5 Å². The van der Waals surface area contributed by atoms with Crippen LogP contribution in [0.2, 0.25) is 0 Å². The number of hydrogen-bond acceptors (Lipinski definition) is 3. The van der Waals surface area contributed by atoms with Crippen LogP contribution in [0.1, 0.15) is 17.3 Å². The van der Waals surface area contributed by atoms with Crippen molar-refractivity contribution in [2.75, 3.05) is 6.61 Å². The molecule has 0 radical (unpaired) electrons. The number of carbonyl (C=O) groups is 1. The number of hydrogen-bond donors (Lipinski definition) is 3. The number of nitrogens with two attached hydrogens (primary N) is 1. The second-order valence-corrected chi connectivity index (χ2v) is 3.96. The third-order valence-corrected chi connectivity index (χ3v) is 2.67. The van der Waals surface area contributed by atoms with E-state index in [-0.39, 0.29) is 5.96 Å². The average Bonchev–Trinajstić information content (AvgIpc) is 2.37. The zero-order valence-corrected chi connectivity index (χ0v) is 10.6. The van der Waals surface area contributed by atoms with Crippen LogP contribution in [0, 0.1) is 5.41 Å². The highest BCUT2D eigenvalue weighted by atomic mass is 16.5. The molecule has 0 aliphatic rings. The Morgan fingerprint density at radius 2 is 2.05 bits per heavy atom. The molecule has 0 aromatic heterocycles. The van der Waals surface area contributed by atoms with E-state index in [0.717, 1.165) is 10.8 Å². The van der Waals surface area contributed by atoms with Crippen molar-refractivity contribution in [3.8, 4) is 5.75 Å². The topological polar surface area (TPSA) is 88.2 Å². The zero-order valence-electron chi connectivity index (χ0n) is 10.6. The Kier molecular flexibility index (Phi) is 3.66. The van der Waals surface area contributed by atoms with Crippen LogP contribution in [-0.2, 0) is 0 Å². The Hall–Kier alpha value is -2.56. The predicted octanol–water partition coefficient (Wildman–Crippen LogP) is 1.86. The number of carbonyl (C=O) groups excluding carboxylic acids is 1. The molecule has 0 saturated heterocycles. The summed E-state index contributed by atoms with van der Waals surface area (Å²) in [6.07, 6.45) is 0. The van der Waals surface area contributed by atoms with Gasteiger partial charge in [0.2, 0.25) is 0 Å². The fraction of sp³-hybridized carbons (Fsp3) is 0.143. The first-order valence-electron chi connectivity index (χ1n) is 5.93. The SMILES string of the molecule is CCOc1ccc2ccccc2c1C(=O)NC(=N)N. The molecule has 0 atom stereocenters. The Morgan fingerprint density at radius 1 is 1.32 bits per heavy atom. The molecular weight excluding hydrogens is 242 g/mol. The van der Waals surface area contributed by atoms with Crippen LogP contribution in [0.3, 0.4) is 0 Å². The van der Waals surface area contributed by atoms with Gasteiger partial charge in [0.25, 0.3) is 5.91 Å². The number of fused-ring (bicyclic) bond motifs is 1. The van der Waals surface area contributed by atoms with Crippen LogP contribution in [-0.4, -0.2) is 18.5 Å². The van der Waals surface area contributed by atoms with Crippen molar-refractivity contribution in [1.82, 2.24) is 5.32 Å². The van der Waals surface area contributed by atoms with E-state index in [4.69, 9.17) is 15.9 Å². The molecule has 98 valence electrons. The van der Waals surface area contributed by atoms with Crippen LogP contribution in [0.25, 0.3) is 10.8 Å². The minimum absolute atomic E-state index is 0.389. The lowest BCUT2D eigenvalue weighted by Crippen LogP contribution is -2.36. The fourth-order valence-electron chi connectivity index (χ4n) is 1.95. The Balaban J connectivity index is 2.61. The van der Waals surface area contributed by atoms with Crippen LogP contribution in [0.5, 0.6) is 5.75 Å². The molecule has 1 amide bonds. The highest BCUT2D eigenvalue weighted by molar-refractivity contribution is 6.14. The maximum absolute atomic E-state index is 12.2. The lowest BCUT2D eigenvalue weighted by molar-refractivity contribution is 0.0974. The molecule has 0 aliphatic heterocycles. The van der Waals surface area contributed by atoms with E-state index < -0.39 is 5.91 Å². The summed E-state index contributed by atoms with van der Waals surface area (Å²) in [7, 11) is 0. The molecule has 0 fully saturated rings. The molecule has 0 spiro atoms. The summed E-state index contributed by atoms with van der Waals surface area (Å²) < 4.78 is 5.48. The predicted molar refractivity (Wildman–Crippen MR) is 74.5 cm³/mol. The molecule has 5 nitrogen and oxygen atoms in total. The summed E-state index contributed by atoms with van der Waals surface area (Å²) in [6, 6.07) is 11.1. The molecule has 0 heterocycles. The Labute approximate surface area is 110 Å². The van der Waals surface area contributed by atoms with Crippen molar-refractivity contribution in [1.29, 1.82) is 5.41 Å². The summed E-state index contributed by atoms with van der Waals surface area (Å²) in [6.45, 7) is 2.31. The van der Waals surface area contributed by atoms with Crippen LogP contribution in [0.15, 0.2) is 36.4 Å². The van der Waals surface area contributed by atoms with Gasteiger partial charge in [0, 0.05) is 0 Å². The minimum Gasteiger partial charge on any atom is -0.493 e. The van der Waals surface area contributed by atoms with Gasteiger partial charge in [0.05, 0.1) is 12.2 Å². The van der Waals surface area contributed by atoms with Crippen molar-refractivity contribution in [2.24, 2.45) is 5.73 Å². The monoisotopic (exact) mass is 257 g/mol. The number of nitrogens with one attached hydrogen (secondary N) is 2. The van der Waals surface area contributed by atoms with Gasteiger partial charge >= 0.3 is 0 Å². The van der Waals surface area contributed by atoms with Crippen molar-refractivity contribution >= 4 is 22.6 Å². The standard InChI is InChI=1S/C14H15N3O2/c1-2-19-11-8-7-9-5-3-4-6-10(9)12(11)13(18)17-14(15)16/h3-8H,2H2,1H3,(H4,15,16,17,18). The summed E-state index contributed by atoms with van der Waals surface area (Å²) >= 11 is 0. The molecule has 19 heavy (non-hydrogen) atoms. The van der Waals surface area contributed by atoms with Gasteiger partial charge in [-0.2, -0.15) is 0 Å². The molecule has 2 aromatic rings. The van der Waals surface area contributed by atoms with Crippen molar-refractivity contribution in [2.45, 2.75) is 6.92 Å². The average molecular weight is 257 g/mol. The quantitative estimate of drug-likeness (QED) is 0.579. The third kappa shape index (κ3) is 2.65. The van der Waals surface area contributed by atoms with E-state index in [1.54, 1.807) is 6.07 Å². The van der Waals surface area contributed by atoms with Crippen molar-refractivity contribution in [3.05, 3.63) is 42.0 Å². The first-order chi connectivity index (χ1) is 9.13. The van der Waals surface area contributed by atoms with E-state index >= 15 is 0 Å². The zero-order chi connectivity index (χ0) is 13.8. The fourth-order valence-corrected chi connectivity index (χ4v) is 1.95. The molecule has 2 rings (SSSR count). The van der Waals surface area contributed by atoms with E-state index in [1.165, 1.54) is 0 Å². The maximum Gasteiger partial charge on any atom is 0.262 e. The van der Waals surface area contributed by atoms with E-state index in [0.29, 0.717) is 17.9 Å². The van der Waals surface area contributed by atoms with Crippen LogP contribution < -0.4 is 15.8 Å². The Morgan fingerprint density at radius 3 is 2.74 bits per heavy atom. The summed E-state index contributed by atoms with van der Waals surface area (Å²) in [5, 5.41) is 11.2. The molecule has 0 unspecified atom stereocenters. The van der Waals surface area contributed by atoms with E-state index in [1.807, 2.05) is 37.3 Å². The molecule has 0 bridgehead atoms. The summed E-state index contributed by atoms with van der Waals surface area (Å²) in [5.41, 5.74) is 5.61. The van der Waals surface area contributed by atoms with Gasteiger partial charge in [0.15, 0.2) is 5.96 Å². The van der Waals surface area contributed by atoms with Crippen LogP contribution >= 0.6 is 0 Å². The van der Waals surface area contributed by atoms with Crippen LogP contribution in [0.4, 0.5) is 0 Å². The highest BCUT2D eigenvalue weighted by Crippen LogP contribution is 2.28. The second-order valence-electron chi connectivity index (χ2n) is 3.96. The number of ether oxygens (including phenoxy) is 1. The highest BCUT2D eigenvalue weighted by Gasteiger charge is 2.16. The van der Waals surface area contributed by atoms with E-state index in [2.05, 4.69) is 5.32 Å². The molecular formula is C14H15N3O2. The number of amides is 1. The second kappa shape index (κ2) is 5.39. The minimum atomic E-state index is -0.437. The van der Waals surface area contributed by atoms with Crippen molar-refractivity contribution < 1.29 is 9.53 Å². The summed E-state index contributed by atoms with van der Waals surface area (Å²) in [4.78, 5) is 12.2. The Bertz CT molecular complexity index is 638. The van der Waals surface area contributed by atoms with Crippen molar-refractivity contribution in [3.63, 3.8) is 0 Å². The normalized spacial score (nSPS) is 10.2. The largest absolute Gasteiger partial charge is 0.493 e. The molecule has 0 saturated carbocycles. The van der Waals surface area contributed by atoms with Gasteiger partial charge in [-0.3, -0.25) is 15.5 Å². The van der Waals surface area contributed by atoms with Gasteiger partial charge in [-0.15, -0.1) is 0 Å². The first-order valence-corrected chi connectivity index (χ1v) is 5.93. The van der Waals surface area contributed by atoms with Gasteiger partial charge in [-0.1, -0.05) is 30.3 Å². The summed E-state index contributed by atoms with van der Waals surface area (Å²) in [5.74, 6) is -0.340. The third-order valence-electron chi connectivity index (χ3n) is 2.67. The van der Waals surface area contributed by atoms with Gasteiger partial charge in [-0.05, 0) is 23.8 Å². The lowest BCUT2D eigenvalue weighted by Gasteiger charge is -2.12.